The first kappa shape index (κ1) is 12.8. The number of carbonyl (C=O) groups is 1. The summed E-state index contributed by atoms with van der Waals surface area (Å²) in [5, 5.41) is 1.25. The van der Waals surface area contributed by atoms with Crippen molar-refractivity contribution < 1.29 is 14.4 Å². The monoisotopic (exact) mass is 269 g/mol. The molecule has 20 heavy (non-hydrogen) atoms. The summed E-state index contributed by atoms with van der Waals surface area (Å²) >= 11 is 0. The molecule has 0 saturated carbocycles. The molecule has 1 aliphatic heterocycles. The van der Waals surface area contributed by atoms with Gasteiger partial charge < -0.3 is 4.74 Å². The number of benzene rings is 2. The zero-order valence-corrected chi connectivity index (χ0v) is 10.9. The van der Waals surface area contributed by atoms with Crippen molar-refractivity contribution in [1.29, 1.82) is 0 Å². The first-order chi connectivity index (χ1) is 9.86. The second-order valence-electron chi connectivity index (χ2n) is 4.61. The average Bonchev–Trinajstić information content (AvgIpc) is 3.34. The number of hydrogen-bond acceptors (Lipinski definition) is 3. The first-order valence-corrected chi connectivity index (χ1v) is 6.50. The number of anilines is 1. The number of nitrogens with zero attached hydrogens (tertiary/aromatic N) is 1. The Kier molecular flexibility index (Phi) is 3.76. The third kappa shape index (κ3) is 3.04. The molecule has 0 bridgehead atoms. The molecule has 4 nitrogen and oxygen atoms in total. The van der Waals surface area contributed by atoms with Crippen LogP contribution in [0.25, 0.3) is 0 Å². The molecule has 1 saturated heterocycles. The van der Waals surface area contributed by atoms with Crippen molar-refractivity contribution in [2.24, 2.45) is 0 Å². The maximum atomic E-state index is 11.2. The van der Waals surface area contributed by atoms with Gasteiger partial charge in [0.2, 0.25) is 6.41 Å². The second-order valence-corrected chi connectivity index (χ2v) is 4.61. The van der Waals surface area contributed by atoms with Gasteiger partial charge in [0.25, 0.3) is 0 Å². The van der Waals surface area contributed by atoms with Crippen LogP contribution in [0.1, 0.15) is 17.2 Å². The maximum Gasteiger partial charge on any atom is 0.238 e. The number of amides is 1. The summed E-state index contributed by atoms with van der Waals surface area (Å²) in [4.78, 5) is 16.7. The van der Waals surface area contributed by atoms with Crippen LogP contribution in [0.15, 0.2) is 54.6 Å². The fourth-order valence-electron chi connectivity index (χ4n) is 1.99. The largest absolute Gasteiger partial charge is 0.368 e. The van der Waals surface area contributed by atoms with Crippen molar-refractivity contribution in [3.8, 4) is 0 Å². The summed E-state index contributed by atoms with van der Waals surface area (Å²) in [5.41, 5.74) is 2.79. The van der Waals surface area contributed by atoms with Gasteiger partial charge in [-0.2, -0.15) is 5.06 Å². The summed E-state index contributed by atoms with van der Waals surface area (Å²) < 4.78 is 5.24. The predicted molar refractivity (Wildman–Crippen MR) is 74.9 cm³/mol. The summed E-state index contributed by atoms with van der Waals surface area (Å²) in [6.45, 7) is 1.10. The normalized spacial score (nSPS) is 16.7. The second kappa shape index (κ2) is 5.86. The molecule has 2 aromatic rings. The van der Waals surface area contributed by atoms with E-state index in [1.807, 2.05) is 54.6 Å². The lowest BCUT2D eigenvalue weighted by Crippen LogP contribution is -2.21. The maximum absolute atomic E-state index is 11.2. The predicted octanol–water partition coefficient (Wildman–Crippen LogP) is 2.85. The molecular weight excluding hydrogens is 254 g/mol. The molecule has 0 unspecified atom stereocenters. The molecule has 2 aromatic carbocycles. The van der Waals surface area contributed by atoms with Crippen molar-refractivity contribution >= 4 is 12.1 Å². The fourth-order valence-corrected chi connectivity index (χ4v) is 1.99. The summed E-state index contributed by atoms with van der Waals surface area (Å²) in [5.74, 6) is 0. The zero-order chi connectivity index (χ0) is 13.8. The first-order valence-electron chi connectivity index (χ1n) is 6.50. The van der Waals surface area contributed by atoms with Crippen molar-refractivity contribution in [1.82, 2.24) is 0 Å². The Hall–Kier alpha value is -2.17. The van der Waals surface area contributed by atoms with Gasteiger partial charge in [-0.3, -0.25) is 9.63 Å². The van der Waals surface area contributed by atoms with E-state index in [2.05, 4.69) is 0 Å². The number of ether oxygens (including phenoxy) is 1. The van der Waals surface area contributed by atoms with Gasteiger partial charge in [0, 0.05) is 0 Å². The number of hydrogen-bond donors (Lipinski definition) is 0. The quantitative estimate of drug-likeness (QED) is 0.460. The smallest absolute Gasteiger partial charge is 0.238 e. The molecule has 4 heteroatoms. The van der Waals surface area contributed by atoms with Crippen molar-refractivity contribution in [3.05, 3.63) is 65.7 Å². The van der Waals surface area contributed by atoms with Crippen LogP contribution in [0, 0.1) is 0 Å². The minimum Gasteiger partial charge on any atom is -0.368 e. The van der Waals surface area contributed by atoms with E-state index in [0.29, 0.717) is 18.7 Å². The Bertz CT molecular complexity index is 581. The molecule has 1 atom stereocenters. The Morgan fingerprint density at radius 1 is 1.20 bits per heavy atom. The van der Waals surface area contributed by atoms with Gasteiger partial charge in [0.15, 0.2) is 0 Å². The zero-order valence-electron chi connectivity index (χ0n) is 10.9. The van der Waals surface area contributed by atoms with Crippen LogP contribution in [0.2, 0.25) is 0 Å². The number of epoxide rings is 1. The molecule has 1 fully saturated rings. The highest BCUT2D eigenvalue weighted by atomic mass is 16.7. The molecule has 0 aliphatic carbocycles. The lowest BCUT2D eigenvalue weighted by molar-refractivity contribution is -0.114. The molecule has 1 heterocycles. The van der Waals surface area contributed by atoms with Crippen molar-refractivity contribution in [2.75, 3.05) is 11.7 Å². The van der Waals surface area contributed by atoms with E-state index in [-0.39, 0.29) is 6.10 Å². The highest BCUT2D eigenvalue weighted by Crippen LogP contribution is 2.31. The highest BCUT2D eigenvalue weighted by molar-refractivity contribution is 5.72. The highest BCUT2D eigenvalue weighted by Gasteiger charge is 2.25. The number of hydroxylamine groups is 1. The van der Waals surface area contributed by atoms with Crippen molar-refractivity contribution in [3.63, 3.8) is 0 Å². The van der Waals surface area contributed by atoms with E-state index in [9.17, 15) is 4.79 Å². The van der Waals surface area contributed by atoms with E-state index in [1.54, 1.807) is 0 Å². The molecule has 0 spiro atoms. The van der Waals surface area contributed by atoms with Gasteiger partial charge in [0.05, 0.1) is 12.3 Å². The average molecular weight is 269 g/mol. The topological polar surface area (TPSA) is 42.1 Å². The number of carbonyl (C=O) groups excluding carboxylic acids is 1. The van der Waals surface area contributed by atoms with Gasteiger partial charge in [-0.1, -0.05) is 42.5 Å². The Labute approximate surface area is 117 Å². The Morgan fingerprint density at radius 2 is 2.00 bits per heavy atom. The van der Waals surface area contributed by atoms with Gasteiger partial charge in [-0.05, 0) is 23.3 Å². The third-order valence-corrected chi connectivity index (χ3v) is 3.14. The van der Waals surface area contributed by atoms with Gasteiger partial charge in [0.1, 0.15) is 12.7 Å². The molecular formula is C16H15NO3. The van der Waals surface area contributed by atoms with E-state index in [0.717, 1.165) is 17.7 Å². The lowest BCUT2D eigenvalue weighted by Gasteiger charge is -2.17. The lowest BCUT2D eigenvalue weighted by atomic mass is 10.1. The third-order valence-electron chi connectivity index (χ3n) is 3.14. The Morgan fingerprint density at radius 3 is 2.70 bits per heavy atom. The standard InChI is InChI=1S/C16H15NO3/c18-12-17(20-10-13-5-2-1-3-6-13)15-8-4-7-14(9-15)16-11-19-16/h1-9,12,16H,10-11H2/t16-/m0/s1. The van der Waals surface area contributed by atoms with Gasteiger partial charge in [-0.15, -0.1) is 0 Å². The summed E-state index contributed by atoms with van der Waals surface area (Å²) in [6.07, 6.45) is 0.841. The summed E-state index contributed by atoms with van der Waals surface area (Å²) in [7, 11) is 0. The molecule has 0 N–H and O–H groups in total. The summed E-state index contributed by atoms with van der Waals surface area (Å²) in [6, 6.07) is 17.4. The van der Waals surface area contributed by atoms with E-state index < -0.39 is 0 Å². The Balaban J connectivity index is 1.69. The van der Waals surface area contributed by atoms with Crippen LogP contribution in [0.3, 0.4) is 0 Å². The van der Waals surface area contributed by atoms with Crippen LogP contribution >= 0.6 is 0 Å². The van der Waals surface area contributed by atoms with E-state index >= 15 is 0 Å². The van der Waals surface area contributed by atoms with E-state index in [4.69, 9.17) is 9.57 Å². The molecule has 0 aromatic heterocycles. The number of rotatable bonds is 6. The van der Waals surface area contributed by atoms with Crippen molar-refractivity contribution in [2.45, 2.75) is 12.7 Å². The molecule has 0 radical (unpaired) electrons. The van der Waals surface area contributed by atoms with Crippen LogP contribution in [0.5, 0.6) is 0 Å². The van der Waals surface area contributed by atoms with Gasteiger partial charge >= 0.3 is 0 Å². The molecule has 1 aliphatic rings. The van der Waals surface area contributed by atoms with Crippen LogP contribution in [-0.2, 0) is 21.0 Å². The van der Waals surface area contributed by atoms with Gasteiger partial charge in [-0.25, -0.2) is 0 Å². The van der Waals surface area contributed by atoms with Crippen LogP contribution in [0.4, 0.5) is 5.69 Å². The SMILES string of the molecule is O=CN(OCc1ccccc1)c1cccc([C@@H]2CO2)c1. The minimum atomic E-state index is 0.164. The van der Waals surface area contributed by atoms with E-state index in [1.165, 1.54) is 5.06 Å². The fraction of sp³-hybridized carbons (Fsp3) is 0.188. The molecule has 3 rings (SSSR count). The molecule has 102 valence electrons. The minimum absolute atomic E-state index is 0.164. The van der Waals surface area contributed by atoms with Crippen LogP contribution in [-0.4, -0.2) is 13.0 Å². The molecule has 1 amide bonds. The van der Waals surface area contributed by atoms with Crippen LogP contribution < -0.4 is 5.06 Å².